The van der Waals surface area contributed by atoms with E-state index in [1.807, 2.05) is 45.0 Å². The molecule has 0 atom stereocenters. The highest BCUT2D eigenvalue weighted by Gasteiger charge is 2.33. The second-order valence-corrected chi connectivity index (χ2v) is 9.44. The Morgan fingerprint density at radius 2 is 1.71 bits per heavy atom. The van der Waals surface area contributed by atoms with Gasteiger partial charge in [0.15, 0.2) is 0 Å². The van der Waals surface area contributed by atoms with Gasteiger partial charge in [0, 0.05) is 13.1 Å². The van der Waals surface area contributed by atoms with E-state index >= 15 is 0 Å². The Bertz CT molecular complexity index is 965. The second kappa shape index (κ2) is 12.0. The molecule has 2 aromatic carbocycles. The Morgan fingerprint density at radius 1 is 1.06 bits per heavy atom. The fourth-order valence-electron chi connectivity index (χ4n) is 3.22. The van der Waals surface area contributed by atoms with Crippen LogP contribution in [-0.4, -0.2) is 17.6 Å². The molecule has 0 aliphatic rings. The molecule has 2 rings (SSSR count). The number of carboxylic acids is 1. The average molecular weight is 479 g/mol. The molecule has 8 heteroatoms. The van der Waals surface area contributed by atoms with Gasteiger partial charge in [0.05, 0.1) is 24.3 Å². The zero-order valence-electron chi connectivity index (χ0n) is 19.9. The second-order valence-electron chi connectivity index (χ2n) is 9.44. The van der Waals surface area contributed by atoms with Crippen LogP contribution in [0.15, 0.2) is 49.0 Å². The van der Waals surface area contributed by atoms with E-state index in [2.05, 4.69) is 17.4 Å². The molecule has 2 aromatic rings. The number of hydroxylamine groups is 1. The van der Waals surface area contributed by atoms with Crippen molar-refractivity contribution >= 4 is 11.7 Å². The summed E-state index contributed by atoms with van der Waals surface area (Å²) in [4.78, 5) is 15.9. The minimum Gasteiger partial charge on any atom is -0.481 e. The maximum Gasteiger partial charge on any atom is 0.416 e. The van der Waals surface area contributed by atoms with Crippen molar-refractivity contribution in [2.45, 2.75) is 59.4 Å². The molecule has 5 nitrogen and oxygen atoms in total. The Morgan fingerprint density at radius 3 is 2.29 bits per heavy atom. The number of alkyl halides is 3. The Balaban J connectivity index is 1.90. The number of halogens is 3. The molecule has 0 heterocycles. The molecule has 0 saturated heterocycles. The van der Waals surface area contributed by atoms with E-state index in [1.165, 1.54) is 6.07 Å². The molecule has 3 N–H and O–H groups in total. The Labute approximate surface area is 199 Å². The number of aryl methyl sites for hydroxylation is 1. The van der Waals surface area contributed by atoms with Gasteiger partial charge in [-0.2, -0.15) is 13.2 Å². The third kappa shape index (κ3) is 9.57. The fourth-order valence-corrected chi connectivity index (χ4v) is 3.22. The summed E-state index contributed by atoms with van der Waals surface area (Å²) in [6.07, 6.45) is -3.35. The first kappa shape index (κ1) is 27.4. The average Bonchev–Trinajstić information content (AvgIpc) is 2.74. The van der Waals surface area contributed by atoms with Gasteiger partial charge >= 0.3 is 12.1 Å². The SMILES string of the molecule is C=C(NOCc1ccc(CCC(C)(C)C)c(C(F)(F)F)c1)c1ccc(CNCCC(=O)O)cc1. The van der Waals surface area contributed by atoms with E-state index < -0.39 is 17.7 Å². The van der Waals surface area contributed by atoms with Crippen LogP contribution >= 0.6 is 0 Å². The van der Waals surface area contributed by atoms with Gasteiger partial charge in [0.25, 0.3) is 0 Å². The number of aliphatic carboxylic acids is 1. The zero-order chi connectivity index (χ0) is 25.4. The molecular formula is C26H33F3N2O3. The molecular weight excluding hydrogens is 445 g/mol. The molecule has 0 fully saturated rings. The summed E-state index contributed by atoms with van der Waals surface area (Å²) in [7, 11) is 0. The molecule has 0 spiro atoms. The predicted molar refractivity (Wildman–Crippen MR) is 127 cm³/mol. The monoisotopic (exact) mass is 478 g/mol. The van der Waals surface area contributed by atoms with Gasteiger partial charge in [-0.15, -0.1) is 0 Å². The summed E-state index contributed by atoms with van der Waals surface area (Å²) < 4.78 is 40.8. The van der Waals surface area contributed by atoms with Gasteiger partial charge in [0.2, 0.25) is 0 Å². The van der Waals surface area contributed by atoms with Gasteiger partial charge < -0.3 is 10.4 Å². The van der Waals surface area contributed by atoms with E-state index in [1.54, 1.807) is 6.07 Å². The number of hydrogen-bond donors (Lipinski definition) is 3. The minimum atomic E-state index is -4.43. The van der Waals surface area contributed by atoms with E-state index in [-0.39, 0.29) is 18.4 Å². The first-order valence-corrected chi connectivity index (χ1v) is 11.1. The van der Waals surface area contributed by atoms with Gasteiger partial charge in [-0.1, -0.05) is 63.7 Å². The van der Waals surface area contributed by atoms with Crippen molar-refractivity contribution in [3.8, 4) is 0 Å². The number of benzene rings is 2. The normalized spacial score (nSPS) is 11.9. The molecule has 0 amide bonds. The lowest BCUT2D eigenvalue weighted by atomic mass is 9.87. The molecule has 34 heavy (non-hydrogen) atoms. The molecule has 0 unspecified atom stereocenters. The molecule has 0 aliphatic carbocycles. The van der Waals surface area contributed by atoms with Crippen LogP contribution in [0.2, 0.25) is 0 Å². The van der Waals surface area contributed by atoms with Crippen molar-refractivity contribution in [2.75, 3.05) is 6.54 Å². The van der Waals surface area contributed by atoms with Crippen molar-refractivity contribution in [1.82, 2.24) is 10.8 Å². The van der Waals surface area contributed by atoms with Crippen molar-refractivity contribution < 1.29 is 27.9 Å². The van der Waals surface area contributed by atoms with Gasteiger partial charge in [-0.05, 0) is 46.6 Å². The van der Waals surface area contributed by atoms with Crippen molar-refractivity contribution in [3.63, 3.8) is 0 Å². The smallest absolute Gasteiger partial charge is 0.416 e. The van der Waals surface area contributed by atoms with Gasteiger partial charge in [-0.3, -0.25) is 15.1 Å². The molecule has 0 aliphatic heterocycles. The summed E-state index contributed by atoms with van der Waals surface area (Å²) in [5.41, 5.74) is 4.95. The maximum atomic E-state index is 13.6. The van der Waals surface area contributed by atoms with E-state index in [9.17, 15) is 18.0 Å². The summed E-state index contributed by atoms with van der Waals surface area (Å²) in [6, 6.07) is 11.8. The number of nitrogens with one attached hydrogen (secondary N) is 2. The van der Waals surface area contributed by atoms with Crippen LogP contribution in [0.25, 0.3) is 5.70 Å². The van der Waals surface area contributed by atoms with Crippen molar-refractivity contribution in [3.05, 3.63) is 76.9 Å². The van der Waals surface area contributed by atoms with Crippen LogP contribution in [0, 0.1) is 5.41 Å². The Kier molecular flexibility index (Phi) is 9.70. The third-order valence-electron chi connectivity index (χ3n) is 5.21. The summed E-state index contributed by atoms with van der Waals surface area (Å²) >= 11 is 0. The zero-order valence-corrected chi connectivity index (χ0v) is 19.9. The van der Waals surface area contributed by atoms with Crippen LogP contribution < -0.4 is 10.8 Å². The van der Waals surface area contributed by atoms with Crippen LogP contribution in [0.1, 0.15) is 61.4 Å². The van der Waals surface area contributed by atoms with Gasteiger partial charge in [-0.25, -0.2) is 0 Å². The molecule has 186 valence electrons. The van der Waals surface area contributed by atoms with Crippen LogP contribution in [0.4, 0.5) is 13.2 Å². The number of carboxylic acid groups (broad SMARTS) is 1. The topological polar surface area (TPSA) is 70.6 Å². The molecule has 0 radical (unpaired) electrons. The number of rotatable bonds is 12. The molecule has 0 saturated carbocycles. The summed E-state index contributed by atoms with van der Waals surface area (Å²) in [5.74, 6) is -0.851. The molecule has 0 bridgehead atoms. The lowest BCUT2D eigenvalue weighted by Gasteiger charge is -2.20. The van der Waals surface area contributed by atoms with E-state index in [0.29, 0.717) is 42.8 Å². The predicted octanol–water partition coefficient (Wildman–Crippen LogP) is 5.94. The minimum absolute atomic E-state index is 0.0484. The number of hydrogen-bond acceptors (Lipinski definition) is 4. The summed E-state index contributed by atoms with van der Waals surface area (Å²) in [5, 5.41) is 11.7. The standard InChI is InChI=1S/C26H33F3N2O3/c1-18(21-8-5-19(6-9-21)16-30-14-12-24(32)33)31-34-17-20-7-10-22(11-13-25(2,3)4)23(15-20)26(27,28)29/h5-10,15,30-31H,1,11-14,16-17H2,2-4H3,(H,32,33). The number of carbonyl (C=O) groups is 1. The highest BCUT2D eigenvalue weighted by atomic mass is 19.4. The van der Waals surface area contributed by atoms with Crippen molar-refractivity contribution in [1.29, 1.82) is 0 Å². The quantitative estimate of drug-likeness (QED) is 0.260. The summed E-state index contributed by atoms with van der Waals surface area (Å²) in [6.45, 7) is 10.8. The lowest BCUT2D eigenvalue weighted by Crippen LogP contribution is -2.17. The molecule has 0 aromatic heterocycles. The van der Waals surface area contributed by atoms with Crippen LogP contribution in [0.5, 0.6) is 0 Å². The first-order chi connectivity index (χ1) is 15.8. The highest BCUT2D eigenvalue weighted by Crippen LogP contribution is 2.34. The van der Waals surface area contributed by atoms with Crippen molar-refractivity contribution in [2.24, 2.45) is 5.41 Å². The highest BCUT2D eigenvalue weighted by molar-refractivity contribution is 5.66. The fraction of sp³-hybridized carbons (Fsp3) is 0.423. The first-order valence-electron chi connectivity index (χ1n) is 11.1. The Hall–Kier alpha value is -2.84. The van der Waals surface area contributed by atoms with E-state index in [0.717, 1.165) is 17.2 Å². The van der Waals surface area contributed by atoms with E-state index in [4.69, 9.17) is 9.94 Å². The lowest BCUT2D eigenvalue weighted by molar-refractivity contribution is -0.138. The third-order valence-corrected chi connectivity index (χ3v) is 5.21. The largest absolute Gasteiger partial charge is 0.481 e. The van der Waals surface area contributed by atoms with Crippen LogP contribution in [0.3, 0.4) is 0 Å². The van der Waals surface area contributed by atoms with Crippen LogP contribution in [-0.2, 0) is 35.4 Å². The maximum absolute atomic E-state index is 13.6. The van der Waals surface area contributed by atoms with Gasteiger partial charge in [0.1, 0.15) is 0 Å².